The number of nitrogens with one attached hydrogen (secondary N) is 2. The third kappa shape index (κ3) is 8.38. The lowest BCUT2D eigenvalue weighted by Gasteiger charge is -2.33. The summed E-state index contributed by atoms with van der Waals surface area (Å²) in [7, 11) is 0. The molecule has 20 heavy (non-hydrogen) atoms. The molecule has 0 heterocycles. The molecule has 0 fully saturated rings. The third-order valence-electron chi connectivity index (χ3n) is 3.30. The topological polar surface area (TPSA) is 70.6 Å². The van der Waals surface area contributed by atoms with Gasteiger partial charge in [-0.3, -0.25) is 0 Å². The SMILES string of the molecule is CCC(C)(CO)CNC(C)(C)CNC(=O)OC(C)(C)C. The molecule has 3 N–H and O–H groups in total. The molecule has 1 atom stereocenters. The molecule has 0 aliphatic rings. The van der Waals surface area contributed by atoms with E-state index in [1.54, 1.807) is 0 Å². The number of carbonyl (C=O) groups excluding carboxylic acids is 1. The maximum atomic E-state index is 11.6. The van der Waals surface area contributed by atoms with Gasteiger partial charge in [0.15, 0.2) is 0 Å². The van der Waals surface area contributed by atoms with Gasteiger partial charge in [-0.25, -0.2) is 4.79 Å². The van der Waals surface area contributed by atoms with E-state index < -0.39 is 11.7 Å². The second-order valence-corrected chi connectivity index (χ2v) is 7.42. The molecule has 0 rings (SSSR count). The number of ether oxygens (including phenoxy) is 1. The van der Waals surface area contributed by atoms with Crippen molar-refractivity contribution >= 4 is 6.09 Å². The van der Waals surface area contributed by atoms with Gasteiger partial charge in [0.25, 0.3) is 0 Å². The van der Waals surface area contributed by atoms with Crippen LogP contribution in [-0.4, -0.2) is 42.0 Å². The minimum absolute atomic E-state index is 0.136. The minimum atomic E-state index is -0.487. The number of hydrogen-bond acceptors (Lipinski definition) is 4. The van der Waals surface area contributed by atoms with Crippen molar-refractivity contribution in [1.29, 1.82) is 0 Å². The van der Waals surface area contributed by atoms with Crippen molar-refractivity contribution in [3.8, 4) is 0 Å². The van der Waals surface area contributed by atoms with Crippen LogP contribution in [-0.2, 0) is 4.74 Å². The van der Waals surface area contributed by atoms with Crippen LogP contribution in [0, 0.1) is 5.41 Å². The Hall–Kier alpha value is -0.810. The van der Waals surface area contributed by atoms with Crippen LogP contribution < -0.4 is 10.6 Å². The van der Waals surface area contributed by atoms with Gasteiger partial charge in [-0.05, 0) is 41.0 Å². The molecule has 0 aromatic heterocycles. The quantitative estimate of drug-likeness (QED) is 0.672. The molecule has 0 aromatic carbocycles. The minimum Gasteiger partial charge on any atom is -0.444 e. The molecule has 120 valence electrons. The molecule has 1 unspecified atom stereocenters. The monoisotopic (exact) mass is 288 g/mol. The smallest absolute Gasteiger partial charge is 0.407 e. The van der Waals surface area contributed by atoms with Crippen LogP contribution in [0.3, 0.4) is 0 Å². The summed E-state index contributed by atoms with van der Waals surface area (Å²) in [4.78, 5) is 11.6. The summed E-state index contributed by atoms with van der Waals surface area (Å²) in [6.07, 6.45) is 0.485. The fraction of sp³-hybridized carbons (Fsp3) is 0.933. The lowest BCUT2D eigenvalue weighted by Crippen LogP contribution is -2.52. The molecule has 0 saturated heterocycles. The van der Waals surface area contributed by atoms with Crippen LogP contribution >= 0.6 is 0 Å². The molecule has 0 saturated carbocycles. The van der Waals surface area contributed by atoms with E-state index in [1.165, 1.54) is 0 Å². The molecule has 1 amide bonds. The van der Waals surface area contributed by atoms with Gasteiger partial charge in [0.05, 0.1) is 0 Å². The van der Waals surface area contributed by atoms with Gasteiger partial charge in [-0.1, -0.05) is 13.8 Å². The molecule has 0 aliphatic heterocycles. The zero-order valence-corrected chi connectivity index (χ0v) is 14.1. The predicted octanol–water partition coefficient (Wildman–Crippen LogP) is 2.29. The molecule has 0 bridgehead atoms. The molecular weight excluding hydrogens is 256 g/mol. The Bertz CT molecular complexity index is 305. The van der Waals surface area contributed by atoms with Crippen molar-refractivity contribution in [2.45, 2.75) is 66.0 Å². The lowest BCUT2D eigenvalue weighted by molar-refractivity contribution is 0.0509. The summed E-state index contributed by atoms with van der Waals surface area (Å²) in [5.74, 6) is 0. The summed E-state index contributed by atoms with van der Waals surface area (Å²) >= 11 is 0. The van der Waals surface area contributed by atoms with Gasteiger partial charge >= 0.3 is 6.09 Å². The highest BCUT2D eigenvalue weighted by Gasteiger charge is 2.26. The largest absolute Gasteiger partial charge is 0.444 e. The zero-order chi connectivity index (χ0) is 16.0. The Morgan fingerprint density at radius 2 is 1.65 bits per heavy atom. The number of alkyl carbamates (subject to hydrolysis) is 1. The fourth-order valence-corrected chi connectivity index (χ4v) is 1.42. The van der Waals surface area contributed by atoms with Gasteiger partial charge in [-0.2, -0.15) is 0 Å². The first kappa shape index (κ1) is 19.2. The van der Waals surface area contributed by atoms with E-state index >= 15 is 0 Å². The van der Waals surface area contributed by atoms with E-state index in [2.05, 4.69) is 17.6 Å². The average Bonchev–Trinajstić information content (AvgIpc) is 2.32. The molecule has 5 heteroatoms. The standard InChI is InChI=1S/C15H32N2O3/c1-8-15(7,11-18)10-17-14(5,6)9-16-12(19)20-13(2,3)4/h17-18H,8-11H2,1-7H3,(H,16,19). The number of rotatable bonds is 7. The third-order valence-corrected chi connectivity index (χ3v) is 3.30. The van der Waals surface area contributed by atoms with Crippen LogP contribution in [0.4, 0.5) is 4.79 Å². The summed E-state index contributed by atoms with van der Waals surface area (Å²) in [6, 6.07) is 0. The second-order valence-electron chi connectivity index (χ2n) is 7.42. The van der Waals surface area contributed by atoms with Crippen LogP contribution in [0.25, 0.3) is 0 Å². The van der Waals surface area contributed by atoms with Gasteiger partial charge in [0.1, 0.15) is 5.60 Å². The Kier molecular flexibility index (Phi) is 6.98. The number of carbonyl (C=O) groups is 1. The van der Waals surface area contributed by atoms with E-state index in [0.29, 0.717) is 13.1 Å². The first-order chi connectivity index (χ1) is 8.93. The average molecular weight is 288 g/mol. The first-order valence-electron chi connectivity index (χ1n) is 7.26. The number of hydrogen-bond donors (Lipinski definition) is 3. The van der Waals surface area contributed by atoms with E-state index in [1.807, 2.05) is 41.5 Å². The highest BCUT2D eigenvalue weighted by atomic mass is 16.6. The van der Waals surface area contributed by atoms with Gasteiger partial charge < -0.3 is 20.5 Å². The normalized spacial score (nSPS) is 15.6. The summed E-state index contributed by atoms with van der Waals surface area (Å²) in [6.45, 7) is 14.9. The maximum Gasteiger partial charge on any atom is 0.407 e. The highest BCUT2D eigenvalue weighted by Crippen LogP contribution is 2.19. The van der Waals surface area contributed by atoms with Crippen LogP contribution in [0.2, 0.25) is 0 Å². The van der Waals surface area contributed by atoms with Gasteiger partial charge in [0, 0.05) is 30.7 Å². The number of aliphatic hydroxyl groups excluding tert-OH is 1. The fourth-order valence-electron chi connectivity index (χ4n) is 1.42. The summed E-state index contributed by atoms with van der Waals surface area (Å²) in [5.41, 5.74) is -0.884. The Morgan fingerprint density at radius 1 is 1.10 bits per heavy atom. The first-order valence-corrected chi connectivity index (χ1v) is 7.26. The van der Waals surface area contributed by atoms with Gasteiger partial charge in [-0.15, -0.1) is 0 Å². The van der Waals surface area contributed by atoms with Gasteiger partial charge in [0.2, 0.25) is 0 Å². The lowest BCUT2D eigenvalue weighted by atomic mass is 9.87. The number of aliphatic hydroxyl groups is 1. The predicted molar refractivity (Wildman–Crippen MR) is 81.8 cm³/mol. The van der Waals surface area contributed by atoms with Crippen molar-refractivity contribution in [1.82, 2.24) is 10.6 Å². The van der Waals surface area contributed by atoms with Crippen molar-refractivity contribution < 1.29 is 14.6 Å². The summed E-state index contributed by atoms with van der Waals surface area (Å²) < 4.78 is 5.20. The second kappa shape index (κ2) is 7.27. The van der Waals surface area contributed by atoms with E-state index in [-0.39, 0.29) is 17.6 Å². The highest BCUT2D eigenvalue weighted by molar-refractivity contribution is 5.67. The zero-order valence-electron chi connectivity index (χ0n) is 14.1. The number of amides is 1. The summed E-state index contributed by atoms with van der Waals surface area (Å²) in [5, 5.41) is 15.6. The molecule has 0 aromatic rings. The maximum absolute atomic E-state index is 11.6. The molecule has 0 radical (unpaired) electrons. The Labute approximate surface area is 123 Å². The van der Waals surface area contributed by atoms with E-state index in [0.717, 1.165) is 6.42 Å². The molecule has 5 nitrogen and oxygen atoms in total. The van der Waals surface area contributed by atoms with Crippen molar-refractivity contribution in [3.05, 3.63) is 0 Å². The van der Waals surface area contributed by atoms with Crippen LogP contribution in [0.15, 0.2) is 0 Å². The van der Waals surface area contributed by atoms with E-state index in [9.17, 15) is 9.90 Å². The molecular formula is C15H32N2O3. The van der Waals surface area contributed by atoms with Crippen molar-refractivity contribution in [2.24, 2.45) is 5.41 Å². The Morgan fingerprint density at radius 3 is 2.05 bits per heavy atom. The van der Waals surface area contributed by atoms with Crippen molar-refractivity contribution in [2.75, 3.05) is 19.7 Å². The van der Waals surface area contributed by atoms with Crippen LogP contribution in [0.1, 0.15) is 54.9 Å². The van der Waals surface area contributed by atoms with E-state index in [4.69, 9.17) is 4.74 Å². The van der Waals surface area contributed by atoms with Crippen LogP contribution in [0.5, 0.6) is 0 Å². The molecule has 0 aliphatic carbocycles. The molecule has 0 spiro atoms. The Balaban J connectivity index is 4.23. The van der Waals surface area contributed by atoms with Crippen molar-refractivity contribution in [3.63, 3.8) is 0 Å².